The van der Waals surface area contributed by atoms with E-state index in [0.29, 0.717) is 17.4 Å². The standard InChI is InChI=1S/C16H22F2N2O3S/c1-24(22,23)20(16-13(17)7-6-8-14(16)18)12-9-15(21)19-10-4-2-3-5-11-19/h6-8H,2-5,9-12H2,1H3. The first-order valence-electron chi connectivity index (χ1n) is 8.00. The second-order valence-electron chi connectivity index (χ2n) is 5.95. The molecule has 0 bridgehead atoms. The van der Waals surface area contributed by atoms with Crippen molar-refractivity contribution in [1.29, 1.82) is 0 Å². The predicted molar refractivity (Wildman–Crippen MR) is 88.2 cm³/mol. The summed E-state index contributed by atoms with van der Waals surface area (Å²) in [5.74, 6) is -2.13. The number of sulfonamides is 1. The summed E-state index contributed by atoms with van der Waals surface area (Å²) >= 11 is 0. The van der Waals surface area contributed by atoms with Gasteiger partial charge in [-0.1, -0.05) is 18.9 Å². The summed E-state index contributed by atoms with van der Waals surface area (Å²) in [4.78, 5) is 14.0. The minimum atomic E-state index is -3.91. The molecule has 0 atom stereocenters. The van der Waals surface area contributed by atoms with E-state index in [4.69, 9.17) is 0 Å². The minimum Gasteiger partial charge on any atom is -0.343 e. The van der Waals surface area contributed by atoms with Gasteiger partial charge in [0, 0.05) is 26.1 Å². The molecule has 1 saturated heterocycles. The van der Waals surface area contributed by atoms with Crippen LogP contribution < -0.4 is 4.31 Å². The average molecular weight is 360 g/mol. The zero-order chi connectivity index (χ0) is 17.7. The molecule has 24 heavy (non-hydrogen) atoms. The van der Waals surface area contributed by atoms with Gasteiger partial charge in [0.2, 0.25) is 15.9 Å². The number of rotatable bonds is 5. The van der Waals surface area contributed by atoms with E-state index in [1.807, 2.05) is 0 Å². The molecule has 0 aliphatic carbocycles. The van der Waals surface area contributed by atoms with Crippen LogP contribution in [0.15, 0.2) is 18.2 Å². The second-order valence-corrected chi connectivity index (χ2v) is 7.86. The molecule has 1 aromatic carbocycles. The lowest BCUT2D eigenvalue weighted by Gasteiger charge is -2.25. The van der Waals surface area contributed by atoms with E-state index in [1.54, 1.807) is 4.90 Å². The van der Waals surface area contributed by atoms with Gasteiger partial charge in [-0.3, -0.25) is 9.10 Å². The molecule has 1 amide bonds. The zero-order valence-corrected chi connectivity index (χ0v) is 14.5. The van der Waals surface area contributed by atoms with Crippen LogP contribution in [-0.4, -0.2) is 45.1 Å². The van der Waals surface area contributed by atoms with Crippen molar-refractivity contribution in [3.63, 3.8) is 0 Å². The lowest BCUT2D eigenvalue weighted by molar-refractivity contribution is -0.130. The Morgan fingerprint density at radius 1 is 1.12 bits per heavy atom. The fourth-order valence-corrected chi connectivity index (χ4v) is 3.78. The number of carbonyl (C=O) groups excluding carboxylic acids is 1. The highest BCUT2D eigenvalue weighted by Crippen LogP contribution is 2.25. The Morgan fingerprint density at radius 2 is 1.67 bits per heavy atom. The summed E-state index contributed by atoms with van der Waals surface area (Å²) in [6, 6.07) is 3.15. The molecule has 0 N–H and O–H groups in total. The van der Waals surface area contributed by atoms with Gasteiger partial charge >= 0.3 is 0 Å². The molecule has 0 radical (unpaired) electrons. The van der Waals surface area contributed by atoms with Crippen LogP contribution >= 0.6 is 0 Å². The van der Waals surface area contributed by atoms with Gasteiger partial charge in [0.05, 0.1) is 6.26 Å². The minimum absolute atomic E-state index is 0.110. The molecule has 0 spiro atoms. The van der Waals surface area contributed by atoms with Gasteiger partial charge in [0.25, 0.3) is 0 Å². The maximum atomic E-state index is 13.9. The summed E-state index contributed by atoms with van der Waals surface area (Å²) in [6.07, 6.45) is 4.74. The van der Waals surface area contributed by atoms with Gasteiger partial charge < -0.3 is 4.90 Å². The molecule has 1 aliphatic rings. The monoisotopic (exact) mass is 360 g/mol. The normalized spacial score (nSPS) is 15.9. The van der Waals surface area contributed by atoms with Gasteiger partial charge in [-0.25, -0.2) is 17.2 Å². The molecule has 1 fully saturated rings. The Bertz CT molecular complexity index is 666. The van der Waals surface area contributed by atoms with Crippen LogP contribution in [0.2, 0.25) is 0 Å². The number of halogens is 2. The third-order valence-electron chi connectivity index (χ3n) is 4.07. The van der Waals surface area contributed by atoms with Crippen molar-refractivity contribution >= 4 is 21.6 Å². The van der Waals surface area contributed by atoms with Crippen LogP contribution in [0.5, 0.6) is 0 Å². The molecule has 0 unspecified atom stereocenters. The quantitative estimate of drug-likeness (QED) is 0.811. The van der Waals surface area contributed by atoms with E-state index in [2.05, 4.69) is 0 Å². The van der Waals surface area contributed by atoms with Crippen LogP contribution in [0.25, 0.3) is 0 Å². The van der Waals surface area contributed by atoms with E-state index in [1.165, 1.54) is 0 Å². The van der Waals surface area contributed by atoms with E-state index in [0.717, 1.165) is 50.1 Å². The van der Waals surface area contributed by atoms with Crippen molar-refractivity contribution in [3.05, 3.63) is 29.8 Å². The number of para-hydroxylation sites is 1. The van der Waals surface area contributed by atoms with E-state index in [9.17, 15) is 22.0 Å². The van der Waals surface area contributed by atoms with Crippen molar-refractivity contribution in [2.75, 3.05) is 30.2 Å². The number of amides is 1. The Hall–Kier alpha value is -1.70. The van der Waals surface area contributed by atoms with Crippen molar-refractivity contribution in [2.45, 2.75) is 32.1 Å². The first kappa shape index (κ1) is 18.6. The highest BCUT2D eigenvalue weighted by Gasteiger charge is 2.26. The summed E-state index contributed by atoms with van der Waals surface area (Å²) in [7, 11) is -3.91. The third kappa shape index (κ3) is 4.66. The fourth-order valence-electron chi connectivity index (χ4n) is 2.85. The highest BCUT2D eigenvalue weighted by molar-refractivity contribution is 7.92. The van der Waals surface area contributed by atoms with Gasteiger partial charge in [0.1, 0.15) is 5.69 Å². The molecule has 0 saturated carbocycles. The van der Waals surface area contributed by atoms with Gasteiger partial charge in [-0.2, -0.15) is 0 Å². The highest BCUT2D eigenvalue weighted by atomic mass is 32.2. The lowest BCUT2D eigenvalue weighted by atomic mass is 10.2. The van der Waals surface area contributed by atoms with Crippen molar-refractivity contribution in [2.24, 2.45) is 0 Å². The molecule has 134 valence electrons. The largest absolute Gasteiger partial charge is 0.343 e. The Balaban J connectivity index is 2.14. The Labute approximate surface area is 141 Å². The van der Waals surface area contributed by atoms with E-state index in [-0.39, 0.29) is 18.9 Å². The molecule has 8 heteroatoms. The molecular weight excluding hydrogens is 338 g/mol. The Kier molecular flexibility index (Phi) is 6.15. The molecule has 0 aromatic heterocycles. The third-order valence-corrected chi connectivity index (χ3v) is 5.24. The van der Waals surface area contributed by atoms with Crippen molar-refractivity contribution < 1.29 is 22.0 Å². The summed E-state index contributed by atoms with van der Waals surface area (Å²) < 4.78 is 52.4. The van der Waals surface area contributed by atoms with Crippen molar-refractivity contribution in [1.82, 2.24) is 4.90 Å². The lowest BCUT2D eigenvalue weighted by Crippen LogP contribution is -2.38. The van der Waals surface area contributed by atoms with Crippen molar-refractivity contribution in [3.8, 4) is 0 Å². The predicted octanol–water partition coefficient (Wildman–Crippen LogP) is 2.52. The number of benzene rings is 1. The summed E-state index contributed by atoms with van der Waals surface area (Å²) in [5.41, 5.74) is -0.635. The average Bonchev–Trinajstić information content (AvgIpc) is 2.77. The number of likely N-dealkylation sites (tertiary alicyclic amines) is 1. The SMILES string of the molecule is CS(=O)(=O)N(CCC(=O)N1CCCCCC1)c1c(F)cccc1F. The first-order chi connectivity index (χ1) is 11.3. The molecule has 1 heterocycles. The molecule has 2 rings (SSSR count). The molecule has 1 aliphatic heterocycles. The van der Waals surface area contributed by atoms with Crippen LogP contribution in [0.1, 0.15) is 32.1 Å². The van der Waals surface area contributed by atoms with Crippen LogP contribution in [0.4, 0.5) is 14.5 Å². The van der Waals surface area contributed by atoms with Crippen LogP contribution in [0.3, 0.4) is 0 Å². The number of nitrogens with zero attached hydrogens (tertiary/aromatic N) is 2. The van der Waals surface area contributed by atoms with Gasteiger partial charge in [0.15, 0.2) is 11.6 Å². The Morgan fingerprint density at radius 3 is 2.17 bits per heavy atom. The van der Waals surface area contributed by atoms with Gasteiger partial charge in [-0.15, -0.1) is 0 Å². The van der Waals surface area contributed by atoms with Crippen LogP contribution in [-0.2, 0) is 14.8 Å². The number of carbonyl (C=O) groups is 1. The van der Waals surface area contributed by atoms with E-state index < -0.39 is 27.3 Å². The summed E-state index contributed by atoms with van der Waals surface area (Å²) in [6.45, 7) is 1.00. The van der Waals surface area contributed by atoms with Crippen LogP contribution in [0, 0.1) is 11.6 Å². The van der Waals surface area contributed by atoms with E-state index >= 15 is 0 Å². The maximum Gasteiger partial charge on any atom is 0.232 e. The second kappa shape index (κ2) is 7.92. The number of hydrogen-bond acceptors (Lipinski definition) is 3. The smallest absolute Gasteiger partial charge is 0.232 e. The number of hydrogen-bond donors (Lipinski definition) is 0. The molecule has 5 nitrogen and oxygen atoms in total. The molecule has 1 aromatic rings. The molecular formula is C16H22F2N2O3S. The first-order valence-corrected chi connectivity index (χ1v) is 9.85. The fraction of sp³-hybridized carbons (Fsp3) is 0.562. The van der Waals surface area contributed by atoms with Gasteiger partial charge in [-0.05, 0) is 25.0 Å². The number of anilines is 1. The topological polar surface area (TPSA) is 57.7 Å². The summed E-state index contributed by atoms with van der Waals surface area (Å²) in [5, 5.41) is 0. The zero-order valence-electron chi connectivity index (χ0n) is 13.7. The maximum absolute atomic E-state index is 13.9.